The van der Waals surface area contributed by atoms with Crippen molar-refractivity contribution in [1.29, 1.82) is 10.8 Å². The Kier molecular flexibility index (Phi) is 20.2. The van der Waals surface area contributed by atoms with Crippen LogP contribution in [0.15, 0.2) is 52.3 Å². The molecule has 0 aliphatic heterocycles. The fraction of sp³-hybridized carbons (Fsp3) is 0.375. The highest BCUT2D eigenvalue weighted by Crippen LogP contribution is 2.43. The topological polar surface area (TPSA) is 303 Å². The first-order valence-electron chi connectivity index (χ1n) is 20.4. The number of hydrogen-bond donors (Lipinski definition) is 13. The number of nitrogens with two attached hydrogens (primary N) is 3. The molecular formula is C40H50F6N14O4S3. The van der Waals surface area contributed by atoms with Gasteiger partial charge in [-0.25, -0.2) is 14.6 Å². The van der Waals surface area contributed by atoms with Gasteiger partial charge in [0.05, 0.1) is 59.7 Å². The summed E-state index contributed by atoms with van der Waals surface area (Å²) in [6.07, 6.45) is -8.07. The lowest BCUT2D eigenvalue weighted by Crippen LogP contribution is -2.31. The van der Waals surface area contributed by atoms with Gasteiger partial charge in [-0.2, -0.15) is 26.3 Å². The number of unbranched alkanes of at least 4 members (excludes halogenated alkanes) is 2. The minimum absolute atomic E-state index is 0.00584. The van der Waals surface area contributed by atoms with Crippen molar-refractivity contribution in [3.63, 3.8) is 0 Å². The van der Waals surface area contributed by atoms with E-state index in [4.69, 9.17) is 28.0 Å². The lowest BCUT2D eigenvalue weighted by molar-refractivity contribution is -0.138. The van der Waals surface area contributed by atoms with Crippen LogP contribution >= 0.6 is 34.9 Å². The average molecular weight is 1000 g/mol. The lowest BCUT2D eigenvalue weighted by atomic mass is 10.1. The molecule has 0 radical (unpaired) electrons. The molecule has 16 N–H and O–H groups in total. The molecule has 3 aromatic carbocycles. The van der Waals surface area contributed by atoms with E-state index in [9.17, 15) is 45.5 Å². The molecule has 67 heavy (non-hydrogen) atoms. The highest BCUT2D eigenvalue weighted by molar-refractivity contribution is 7.99. The smallest absolute Gasteiger partial charge is 0.374 e. The second-order valence-electron chi connectivity index (χ2n) is 14.3. The van der Waals surface area contributed by atoms with E-state index in [2.05, 4.69) is 47.5 Å². The molecule has 1 heterocycles. The van der Waals surface area contributed by atoms with Crippen molar-refractivity contribution in [3.05, 3.63) is 53.6 Å². The summed E-state index contributed by atoms with van der Waals surface area (Å²) in [5, 5.41) is 35.0. The Balaban J connectivity index is 1.51. The van der Waals surface area contributed by atoms with Gasteiger partial charge in [-0.05, 0) is 75.1 Å². The molecule has 6 amide bonds. The van der Waals surface area contributed by atoms with Gasteiger partial charge in [-0.15, -0.1) is 23.5 Å². The van der Waals surface area contributed by atoms with Crippen molar-refractivity contribution in [2.45, 2.75) is 67.6 Å². The van der Waals surface area contributed by atoms with Crippen molar-refractivity contribution in [1.82, 2.24) is 15.6 Å². The van der Waals surface area contributed by atoms with Crippen molar-refractivity contribution < 1.29 is 45.5 Å². The summed E-state index contributed by atoms with van der Waals surface area (Å²) >= 11 is 2.98. The first-order chi connectivity index (χ1) is 31.7. The number of carbonyl (C=O) groups is 4. The highest BCUT2D eigenvalue weighted by Gasteiger charge is 2.34. The number of thiazole rings is 1. The number of hydrogen-bond acceptors (Lipinski definition) is 12. The number of amidine groups is 1. The predicted octanol–water partition coefficient (Wildman–Crippen LogP) is 8.01. The van der Waals surface area contributed by atoms with Crippen molar-refractivity contribution >= 4 is 114 Å². The van der Waals surface area contributed by atoms with E-state index >= 15 is 0 Å². The summed E-state index contributed by atoms with van der Waals surface area (Å²) < 4.78 is 85.0. The van der Waals surface area contributed by atoms with Crippen LogP contribution in [0.5, 0.6) is 0 Å². The molecule has 4 rings (SSSR count). The number of alkyl halides is 6. The molecule has 364 valence electrons. The van der Waals surface area contributed by atoms with Crippen LogP contribution in [-0.2, 0) is 21.9 Å². The number of nitrogens with one attached hydrogen (secondary N) is 10. The second-order valence-corrected chi connectivity index (χ2v) is 17.6. The SMILES string of the molecule is CC(=N)NCCCCC(=O)Nc1cc(C(F)(F)F)cc(NC(=O)Nc2nc3ccc(NC(=O)Nc4cc(C(F)(F)F)cc(NC(=O)CCCCNC(=N)N)c4SCCN)cc3s2)c1SCCN. The molecule has 0 fully saturated rings. The van der Waals surface area contributed by atoms with E-state index in [0.29, 0.717) is 49.0 Å². The maximum atomic E-state index is 14.1. The van der Waals surface area contributed by atoms with Gasteiger partial charge in [0, 0.05) is 56.2 Å². The summed E-state index contributed by atoms with van der Waals surface area (Å²) in [4.78, 5) is 56.9. The van der Waals surface area contributed by atoms with E-state index < -0.39 is 47.4 Å². The molecule has 4 aromatic rings. The Bertz CT molecular complexity index is 2290. The number of aromatic nitrogens is 1. The van der Waals surface area contributed by atoms with Gasteiger partial charge in [0.1, 0.15) is 0 Å². The number of carbonyl (C=O) groups excluding carboxylic acids is 4. The Morgan fingerprint density at radius 3 is 1.57 bits per heavy atom. The summed E-state index contributed by atoms with van der Waals surface area (Å²) in [6.45, 7) is 2.57. The van der Waals surface area contributed by atoms with E-state index in [0.717, 1.165) is 59.1 Å². The Morgan fingerprint density at radius 2 is 1.12 bits per heavy atom. The summed E-state index contributed by atoms with van der Waals surface area (Å²) in [5.74, 6) is -0.681. The Hall–Kier alpha value is -6.03. The number of rotatable bonds is 22. The maximum Gasteiger partial charge on any atom is 0.416 e. The number of fused-ring (bicyclic) bond motifs is 1. The van der Waals surface area contributed by atoms with Gasteiger partial charge < -0.3 is 54.4 Å². The summed E-state index contributed by atoms with van der Waals surface area (Å²) in [5.41, 5.74) is 13.9. The zero-order chi connectivity index (χ0) is 49.3. The second kappa shape index (κ2) is 25.2. The van der Waals surface area contributed by atoms with Crippen molar-refractivity contribution in [2.75, 3.05) is 69.6 Å². The molecule has 18 nitrogen and oxygen atoms in total. The molecule has 0 aliphatic carbocycles. The first kappa shape index (κ1) is 53.6. The molecule has 0 unspecified atom stereocenters. The molecule has 0 bridgehead atoms. The van der Waals surface area contributed by atoms with Crippen LogP contribution in [-0.4, -0.2) is 78.3 Å². The van der Waals surface area contributed by atoms with Gasteiger partial charge in [-0.3, -0.25) is 25.7 Å². The van der Waals surface area contributed by atoms with E-state index in [1.165, 1.54) is 18.2 Å². The molecule has 27 heteroatoms. The number of thioether (sulfide) groups is 2. The van der Waals surface area contributed by atoms with E-state index in [-0.39, 0.29) is 92.6 Å². The lowest BCUT2D eigenvalue weighted by Gasteiger charge is -2.19. The van der Waals surface area contributed by atoms with Crippen molar-refractivity contribution in [2.24, 2.45) is 17.2 Å². The van der Waals surface area contributed by atoms with Crippen LogP contribution in [0.4, 0.5) is 69.5 Å². The summed E-state index contributed by atoms with van der Waals surface area (Å²) in [6, 6.07) is 5.48. The van der Waals surface area contributed by atoms with Crippen LogP contribution < -0.4 is 59.7 Å². The maximum absolute atomic E-state index is 14.1. The van der Waals surface area contributed by atoms with Gasteiger partial charge in [0.25, 0.3) is 0 Å². The highest BCUT2D eigenvalue weighted by atomic mass is 32.2. The number of benzene rings is 3. The molecule has 0 atom stereocenters. The largest absolute Gasteiger partial charge is 0.416 e. The van der Waals surface area contributed by atoms with Crippen LogP contribution in [0.1, 0.15) is 56.6 Å². The number of amides is 6. The number of urea groups is 2. The van der Waals surface area contributed by atoms with Crippen LogP contribution in [0.2, 0.25) is 0 Å². The fourth-order valence-electron chi connectivity index (χ4n) is 5.93. The van der Waals surface area contributed by atoms with Crippen LogP contribution in [0.3, 0.4) is 0 Å². The minimum atomic E-state index is -4.86. The zero-order valence-corrected chi connectivity index (χ0v) is 38.3. The van der Waals surface area contributed by atoms with Gasteiger partial charge >= 0.3 is 24.4 Å². The molecular weight excluding hydrogens is 951 g/mol. The Morgan fingerprint density at radius 1 is 0.657 bits per heavy atom. The average Bonchev–Trinajstić information content (AvgIpc) is 3.63. The van der Waals surface area contributed by atoms with Gasteiger partial charge in [0.15, 0.2) is 11.1 Å². The number of guanidine groups is 1. The monoisotopic (exact) mass is 1000 g/mol. The molecule has 0 saturated carbocycles. The third-order valence-electron chi connectivity index (χ3n) is 8.84. The fourth-order valence-corrected chi connectivity index (χ4v) is 8.53. The van der Waals surface area contributed by atoms with E-state index in [1.807, 2.05) is 0 Å². The first-order valence-corrected chi connectivity index (χ1v) is 23.1. The van der Waals surface area contributed by atoms with Gasteiger partial charge in [0.2, 0.25) is 11.8 Å². The molecule has 0 spiro atoms. The molecule has 1 aromatic heterocycles. The molecule has 0 aliphatic rings. The van der Waals surface area contributed by atoms with Crippen LogP contribution in [0, 0.1) is 10.8 Å². The summed E-state index contributed by atoms with van der Waals surface area (Å²) in [7, 11) is 0. The minimum Gasteiger partial charge on any atom is -0.374 e. The third kappa shape index (κ3) is 17.6. The Labute approximate surface area is 392 Å². The van der Waals surface area contributed by atoms with Crippen LogP contribution in [0.25, 0.3) is 10.2 Å². The predicted molar refractivity (Wildman–Crippen MR) is 254 cm³/mol. The normalized spacial score (nSPS) is 11.4. The zero-order valence-electron chi connectivity index (χ0n) is 35.8. The number of anilines is 6. The van der Waals surface area contributed by atoms with Crippen molar-refractivity contribution in [3.8, 4) is 0 Å². The van der Waals surface area contributed by atoms with E-state index in [1.54, 1.807) is 6.92 Å². The quantitative estimate of drug-likeness (QED) is 0.0117. The molecule has 0 saturated heterocycles. The third-order valence-corrected chi connectivity index (χ3v) is 12.1. The number of halogens is 6. The number of nitrogens with zero attached hydrogens (tertiary/aromatic N) is 1. The standard InChI is InChI=1S/C40H50F6N14O4S3/c1-21(49)52-12-4-2-6-31(61)56-27-17-23(40(44,45)46)19-29(34(27)66-15-11-48)58-37(64)60-38-59-25-9-8-24(20-30(25)67-38)54-36(63)57-28-18-22(39(41,42)43)16-26(33(28)65-14-10-47)55-32(62)7-3-5-13-53-35(50)51/h8-9,16-20H,2-7,10-15,47-48H2,1H3,(H2,49,52)(H,55,62)(H,56,61)(H4,50,51,53)(H2,54,57,63)(H2,58,59,60,64). The van der Waals surface area contributed by atoms with Gasteiger partial charge in [-0.1, -0.05) is 11.3 Å².